The minimum absolute atomic E-state index is 0.243. The van der Waals surface area contributed by atoms with E-state index in [4.69, 9.17) is 9.47 Å². The molecular weight excluding hydrogens is 895 g/mol. The van der Waals surface area contributed by atoms with E-state index in [1.165, 1.54) is 180 Å². The molecule has 0 spiro atoms. The van der Waals surface area contributed by atoms with Gasteiger partial charge in [-0.3, -0.25) is 4.79 Å². The van der Waals surface area contributed by atoms with Crippen molar-refractivity contribution in [1.29, 1.82) is 0 Å². The average molecular weight is 1010 g/mol. The van der Waals surface area contributed by atoms with Crippen LogP contribution in [0.1, 0.15) is 271 Å². The molecule has 1 aliphatic rings. The molecule has 11 heteroatoms. The number of aliphatic hydroxyl groups excluding tert-OH is 7. The lowest BCUT2D eigenvalue weighted by Crippen LogP contribution is -2.60. The van der Waals surface area contributed by atoms with Crippen LogP contribution in [0, 0.1) is 0 Å². The van der Waals surface area contributed by atoms with Crippen molar-refractivity contribution >= 4 is 5.91 Å². The van der Waals surface area contributed by atoms with E-state index < -0.39 is 74.2 Å². The van der Waals surface area contributed by atoms with Gasteiger partial charge in [-0.25, -0.2) is 0 Å². The van der Waals surface area contributed by atoms with Gasteiger partial charge in [0.15, 0.2) is 6.29 Å². The summed E-state index contributed by atoms with van der Waals surface area (Å²) in [4.78, 5) is 13.2. The molecule has 1 saturated heterocycles. The number of hydrogen-bond donors (Lipinski definition) is 8. The second kappa shape index (κ2) is 49.2. The highest BCUT2D eigenvalue weighted by Gasteiger charge is 2.44. The summed E-state index contributed by atoms with van der Waals surface area (Å²) in [7, 11) is 0. The molecule has 8 N–H and O–H groups in total. The fourth-order valence-corrected chi connectivity index (χ4v) is 9.53. The molecule has 1 heterocycles. The Morgan fingerprint density at radius 3 is 1.25 bits per heavy atom. The zero-order valence-corrected chi connectivity index (χ0v) is 45.7. The maximum Gasteiger partial charge on any atom is 0.249 e. The number of amides is 1. The summed E-state index contributed by atoms with van der Waals surface area (Å²) in [6, 6.07) is -1.19. The van der Waals surface area contributed by atoms with Crippen molar-refractivity contribution in [2.24, 2.45) is 0 Å². The summed E-state index contributed by atoms with van der Waals surface area (Å²) in [5.74, 6) is -0.710. The van der Waals surface area contributed by atoms with Gasteiger partial charge in [-0.1, -0.05) is 243 Å². The first-order valence-corrected chi connectivity index (χ1v) is 29.9. The molecule has 1 rings (SSSR count). The first-order valence-electron chi connectivity index (χ1n) is 29.9. The second-order valence-corrected chi connectivity index (χ2v) is 21.0. The number of carbonyl (C=O) groups is 1. The maximum absolute atomic E-state index is 13.2. The minimum Gasteiger partial charge on any atom is -0.394 e. The normalized spacial score (nSPS) is 20.4. The standard InChI is InChI=1S/C60H113NO10/c1-3-5-7-9-11-13-15-17-19-21-22-23-24-25-26-27-28-29-30-31-32-34-35-37-39-41-43-45-47-52(63)55(65)51(50-70-60-58(68)57(67)56(66)54(49-62)71-60)61-59(69)53(64)48-46-44-42-40-38-36-33-20-18-16-14-12-10-8-6-4-2/h28-29,32,34,39,41,51-58,60,62-68H,3-27,30-31,33,35-38,40,42-50H2,1-2H3,(H,61,69)/b29-28+,34-32+,41-39+. The van der Waals surface area contributed by atoms with Crippen LogP contribution < -0.4 is 5.32 Å². The highest BCUT2D eigenvalue weighted by molar-refractivity contribution is 5.80. The van der Waals surface area contributed by atoms with Gasteiger partial charge in [0.05, 0.1) is 25.4 Å². The Labute approximate surface area is 435 Å². The van der Waals surface area contributed by atoms with Crippen molar-refractivity contribution in [1.82, 2.24) is 5.32 Å². The van der Waals surface area contributed by atoms with E-state index in [0.29, 0.717) is 19.3 Å². The van der Waals surface area contributed by atoms with Crippen LogP contribution in [0.3, 0.4) is 0 Å². The Kier molecular flexibility index (Phi) is 46.7. The van der Waals surface area contributed by atoms with E-state index >= 15 is 0 Å². The summed E-state index contributed by atoms with van der Waals surface area (Å²) >= 11 is 0. The number of hydrogen-bond acceptors (Lipinski definition) is 10. The van der Waals surface area contributed by atoms with Gasteiger partial charge in [0.1, 0.15) is 36.6 Å². The van der Waals surface area contributed by atoms with E-state index in [2.05, 4.69) is 55.6 Å². The van der Waals surface area contributed by atoms with Crippen LogP contribution in [0.25, 0.3) is 0 Å². The van der Waals surface area contributed by atoms with E-state index in [1.807, 2.05) is 0 Å². The van der Waals surface area contributed by atoms with E-state index in [0.717, 1.165) is 44.9 Å². The number of nitrogens with one attached hydrogen (secondary N) is 1. The summed E-state index contributed by atoms with van der Waals surface area (Å²) in [6.45, 7) is 3.46. The van der Waals surface area contributed by atoms with Gasteiger partial charge in [0, 0.05) is 0 Å². The predicted molar refractivity (Wildman–Crippen MR) is 293 cm³/mol. The average Bonchev–Trinajstić information content (AvgIpc) is 3.37. The van der Waals surface area contributed by atoms with Crippen molar-refractivity contribution in [3.63, 3.8) is 0 Å². The molecule has 1 fully saturated rings. The number of ether oxygens (including phenoxy) is 2. The first-order chi connectivity index (χ1) is 34.7. The van der Waals surface area contributed by atoms with Gasteiger partial charge in [0.2, 0.25) is 5.91 Å². The van der Waals surface area contributed by atoms with E-state index in [1.54, 1.807) is 0 Å². The van der Waals surface area contributed by atoms with Gasteiger partial charge >= 0.3 is 0 Å². The Morgan fingerprint density at radius 1 is 0.479 bits per heavy atom. The Morgan fingerprint density at radius 2 is 0.845 bits per heavy atom. The molecule has 11 nitrogen and oxygen atoms in total. The molecule has 1 aliphatic heterocycles. The molecule has 0 radical (unpaired) electrons. The van der Waals surface area contributed by atoms with Crippen LogP contribution in [0.5, 0.6) is 0 Å². The highest BCUT2D eigenvalue weighted by atomic mass is 16.7. The molecular formula is C60H113NO10. The quantitative estimate of drug-likeness (QED) is 0.0215. The lowest BCUT2D eigenvalue weighted by atomic mass is 9.98. The molecule has 71 heavy (non-hydrogen) atoms. The number of unbranched alkanes of at least 4 members (excludes halogenated alkanes) is 33. The monoisotopic (exact) mass is 1010 g/mol. The van der Waals surface area contributed by atoms with Crippen molar-refractivity contribution in [2.45, 2.75) is 326 Å². The van der Waals surface area contributed by atoms with E-state index in [9.17, 15) is 40.5 Å². The summed E-state index contributed by atoms with van der Waals surface area (Å²) in [5, 5.41) is 76.1. The maximum atomic E-state index is 13.2. The SMILES string of the molecule is CCCCCCCCCCCCCCCCC/C=C/CC/C=C/CC/C=C/CCCC(O)C(O)C(COC1OC(CO)C(O)C(O)C1O)NC(=O)C(O)CCCCCCCCCCCCCCCCCC. The van der Waals surface area contributed by atoms with Gasteiger partial charge in [-0.15, -0.1) is 0 Å². The number of allylic oxidation sites excluding steroid dienone is 6. The zero-order valence-electron chi connectivity index (χ0n) is 45.7. The highest BCUT2D eigenvalue weighted by Crippen LogP contribution is 2.23. The van der Waals surface area contributed by atoms with E-state index in [-0.39, 0.29) is 12.8 Å². The smallest absolute Gasteiger partial charge is 0.249 e. The first kappa shape index (κ1) is 67.3. The van der Waals surface area contributed by atoms with Crippen LogP contribution in [0.15, 0.2) is 36.5 Å². The minimum atomic E-state index is -1.67. The van der Waals surface area contributed by atoms with Crippen molar-refractivity contribution < 1.29 is 50.0 Å². The third kappa shape index (κ3) is 37.7. The lowest BCUT2D eigenvalue weighted by molar-refractivity contribution is -0.303. The fraction of sp³-hybridized carbons (Fsp3) is 0.883. The molecule has 1 amide bonds. The van der Waals surface area contributed by atoms with Gasteiger partial charge < -0.3 is 50.5 Å². The van der Waals surface area contributed by atoms with Gasteiger partial charge in [-0.05, 0) is 64.2 Å². The summed E-state index contributed by atoms with van der Waals surface area (Å²) in [6.07, 6.45) is 49.2. The van der Waals surface area contributed by atoms with Crippen molar-refractivity contribution in [3.8, 4) is 0 Å². The number of rotatable bonds is 51. The van der Waals surface area contributed by atoms with Crippen molar-refractivity contribution in [3.05, 3.63) is 36.5 Å². The van der Waals surface area contributed by atoms with Crippen LogP contribution in [-0.2, 0) is 14.3 Å². The fourth-order valence-electron chi connectivity index (χ4n) is 9.53. The van der Waals surface area contributed by atoms with Crippen LogP contribution in [0.4, 0.5) is 0 Å². The number of aliphatic hydroxyl groups is 7. The Balaban J connectivity index is 2.32. The molecule has 0 saturated carbocycles. The molecule has 0 aliphatic carbocycles. The topological polar surface area (TPSA) is 189 Å². The molecule has 0 aromatic carbocycles. The van der Waals surface area contributed by atoms with Gasteiger partial charge in [-0.2, -0.15) is 0 Å². The van der Waals surface area contributed by atoms with Crippen LogP contribution in [-0.4, -0.2) is 110 Å². The molecule has 9 unspecified atom stereocenters. The Bertz CT molecular complexity index is 1250. The van der Waals surface area contributed by atoms with Gasteiger partial charge in [0.25, 0.3) is 0 Å². The predicted octanol–water partition coefficient (Wildman–Crippen LogP) is 12.7. The molecule has 0 aromatic rings. The summed E-state index contributed by atoms with van der Waals surface area (Å²) in [5.41, 5.74) is 0. The van der Waals surface area contributed by atoms with Crippen LogP contribution >= 0.6 is 0 Å². The molecule has 418 valence electrons. The van der Waals surface area contributed by atoms with Crippen molar-refractivity contribution in [2.75, 3.05) is 13.2 Å². The number of carbonyl (C=O) groups excluding carboxylic acids is 1. The lowest BCUT2D eigenvalue weighted by Gasteiger charge is -2.40. The largest absolute Gasteiger partial charge is 0.394 e. The zero-order chi connectivity index (χ0) is 51.8. The third-order valence-corrected chi connectivity index (χ3v) is 14.4. The second-order valence-electron chi connectivity index (χ2n) is 21.0. The molecule has 9 atom stereocenters. The third-order valence-electron chi connectivity index (χ3n) is 14.4. The molecule has 0 bridgehead atoms. The van der Waals surface area contributed by atoms with Crippen LogP contribution in [0.2, 0.25) is 0 Å². The Hall–Kier alpha value is -1.67. The molecule has 0 aromatic heterocycles. The summed E-state index contributed by atoms with van der Waals surface area (Å²) < 4.78 is 11.1.